The van der Waals surface area contributed by atoms with Gasteiger partial charge in [-0.3, -0.25) is 0 Å². The highest BCUT2D eigenvalue weighted by Crippen LogP contribution is 2.28. The first-order valence-electron chi connectivity index (χ1n) is 4.71. The van der Waals surface area contributed by atoms with Crippen LogP contribution in [0.4, 0.5) is 19.0 Å². The predicted molar refractivity (Wildman–Crippen MR) is 55.5 cm³/mol. The van der Waals surface area contributed by atoms with Crippen LogP contribution in [0.15, 0.2) is 24.4 Å². The van der Waals surface area contributed by atoms with Crippen molar-refractivity contribution in [3.8, 4) is 11.9 Å². The lowest BCUT2D eigenvalue weighted by molar-refractivity contribution is -0.141. The summed E-state index contributed by atoms with van der Waals surface area (Å²) in [5.74, 6) is -0.0814. The maximum Gasteiger partial charge on any atom is 0.433 e. The van der Waals surface area contributed by atoms with Crippen molar-refractivity contribution in [1.82, 2.24) is 14.8 Å². The second-order valence-corrected chi connectivity index (χ2v) is 3.36. The molecule has 0 amide bonds. The predicted octanol–water partition coefficient (Wildman–Crippen LogP) is 1.74. The van der Waals surface area contributed by atoms with Crippen molar-refractivity contribution in [3.05, 3.63) is 35.7 Å². The van der Waals surface area contributed by atoms with Crippen LogP contribution >= 0.6 is 0 Å². The van der Waals surface area contributed by atoms with Gasteiger partial charge in [0.15, 0.2) is 5.82 Å². The van der Waals surface area contributed by atoms with Crippen molar-refractivity contribution < 1.29 is 13.2 Å². The molecule has 0 aliphatic carbocycles. The van der Waals surface area contributed by atoms with Crippen LogP contribution in [0.2, 0.25) is 0 Å². The summed E-state index contributed by atoms with van der Waals surface area (Å²) in [6, 6.07) is 4.93. The number of halogens is 3. The Bertz CT molecular complexity index is 623. The van der Waals surface area contributed by atoms with Crippen LogP contribution in [0, 0.1) is 11.3 Å². The Morgan fingerprint density at radius 2 is 2.00 bits per heavy atom. The zero-order chi connectivity index (χ0) is 13.3. The molecule has 8 heteroatoms. The SMILES string of the molecule is N#Cc1ccc(C(F)(F)F)nc1-n1ccc(N)n1. The highest BCUT2D eigenvalue weighted by atomic mass is 19.4. The van der Waals surface area contributed by atoms with Gasteiger partial charge in [-0.05, 0) is 12.1 Å². The Morgan fingerprint density at radius 1 is 1.28 bits per heavy atom. The normalized spacial score (nSPS) is 11.2. The Balaban J connectivity index is 2.61. The molecule has 2 heterocycles. The van der Waals surface area contributed by atoms with E-state index in [0.29, 0.717) is 0 Å². The van der Waals surface area contributed by atoms with Crippen molar-refractivity contribution in [3.63, 3.8) is 0 Å². The van der Waals surface area contributed by atoms with Gasteiger partial charge in [-0.2, -0.15) is 18.4 Å². The van der Waals surface area contributed by atoms with E-state index < -0.39 is 11.9 Å². The second-order valence-electron chi connectivity index (χ2n) is 3.36. The van der Waals surface area contributed by atoms with Gasteiger partial charge in [0, 0.05) is 12.3 Å². The zero-order valence-corrected chi connectivity index (χ0v) is 8.81. The molecule has 2 rings (SSSR count). The minimum atomic E-state index is -4.58. The van der Waals surface area contributed by atoms with Gasteiger partial charge >= 0.3 is 6.18 Å². The number of aromatic nitrogens is 3. The van der Waals surface area contributed by atoms with E-state index in [-0.39, 0.29) is 17.2 Å². The molecular weight excluding hydrogens is 247 g/mol. The topological polar surface area (TPSA) is 80.5 Å². The molecule has 0 unspecified atom stereocenters. The molecule has 0 radical (unpaired) electrons. The second kappa shape index (κ2) is 4.03. The smallest absolute Gasteiger partial charge is 0.382 e. The fourth-order valence-electron chi connectivity index (χ4n) is 1.32. The zero-order valence-electron chi connectivity index (χ0n) is 8.81. The molecule has 18 heavy (non-hydrogen) atoms. The molecule has 0 atom stereocenters. The standard InChI is InChI=1S/C10H6F3N5/c11-10(12,13)7-2-1-6(5-14)9(16-7)18-4-3-8(15)17-18/h1-4H,(H2,15,17). The molecule has 0 aliphatic heterocycles. The monoisotopic (exact) mass is 253 g/mol. The van der Waals surface area contributed by atoms with Gasteiger partial charge in [0.1, 0.15) is 17.6 Å². The molecule has 0 spiro atoms. The van der Waals surface area contributed by atoms with E-state index in [1.165, 1.54) is 12.3 Å². The van der Waals surface area contributed by atoms with E-state index in [2.05, 4.69) is 10.1 Å². The number of nitrogens with zero attached hydrogens (tertiary/aromatic N) is 4. The molecule has 0 saturated carbocycles. The molecule has 0 aromatic carbocycles. The molecule has 0 saturated heterocycles. The first-order valence-corrected chi connectivity index (χ1v) is 4.71. The van der Waals surface area contributed by atoms with Crippen LogP contribution in [0.5, 0.6) is 0 Å². The first-order chi connectivity index (χ1) is 8.41. The van der Waals surface area contributed by atoms with Crippen LogP contribution in [-0.2, 0) is 6.18 Å². The Kier molecular flexibility index (Phi) is 2.67. The quantitative estimate of drug-likeness (QED) is 0.839. The molecule has 0 fully saturated rings. The minimum Gasteiger partial charge on any atom is -0.382 e. The summed E-state index contributed by atoms with van der Waals surface area (Å²) in [5.41, 5.74) is 4.25. The van der Waals surface area contributed by atoms with E-state index in [9.17, 15) is 13.2 Å². The molecule has 2 aromatic heterocycles. The third-order valence-electron chi connectivity index (χ3n) is 2.11. The number of hydrogen-bond donors (Lipinski definition) is 1. The first kappa shape index (κ1) is 11.9. The number of rotatable bonds is 1. The molecule has 0 aliphatic rings. The summed E-state index contributed by atoms with van der Waals surface area (Å²) < 4.78 is 38.6. The van der Waals surface area contributed by atoms with Crippen LogP contribution in [0.3, 0.4) is 0 Å². The van der Waals surface area contributed by atoms with Crippen LogP contribution in [0.1, 0.15) is 11.3 Å². The van der Waals surface area contributed by atoms with Gasteiger partial charge in [0.2, 0.25) is 0 Å². The number of nitrogen functional groups attached to an aromatic ring is 1. The average Bonchev–Trinajstić information content (AvgIpc) is 2.73. The minimum absolute atomic E-state index is 0.0221. The molecule has 92 valence electrons. The van der Waals surface area contributed by atoms with Crippen molar-refractivity contribution in [2.45, 2.75) is 6.18 Å². The summed E-state index contributed by atoms with van der Waals surface area (Å²) in [7, 11) is 0. The summed E-state index contributed by atoms with van der Waals surface area (Å²) in [4.78, 5) is 3.40. The Morgan fingerprint density at radius 3 is 2.50 bits per heavy atom. The maximum atomic E-state index is 12.5. The molecule has 0 bridgehead atoms. The fourth-order valence-corrected chi connectivity index (χ4v) is 1.32. The maximum absolute atomic E-state index is 12.5. The molecule has 2 aromatic rings. The van der Waals surface area contributed by atoms with E-state index in [4.69, 9.17) is 11.0 Å². The number of nitriles is 1. The molecule has 2 N–H and O–H groups in total. The Labute approximate surface area is 99.3 Å². The van der Waals surface area contributed by atoms with Crippen molar-refractivity contribution in [1.29, 1.82) is 5.26 Å². The Hall–Kier alpha value is -2.56. The van der Waals surface area contributed by atoms with Crippen molar-refractivity contribution in [2.24, 2.45) is 0 Å². The lowest BCUT2D eigenvalue weighted by Gasteiger charge is -2.08. The number of anilines is 1. The lowest BCUT2D eigenvalue weighted by atomic mass is 10.2. The van der Waals surface area contributed by atoms with E-state index in [1.807, 2.05) is 0 Å². The third-order valence-corrected chi connectivity index (χ3v) is 2.11. The number of pyridine rings is 1. The van der Waals surface area contributed by atoms with Gasteiger partial charge in [-0.25, -0.2) is 9.67 Å². The van der Waals surface area contributed by atoms with Crippen molar-refractivity contribution >= 4 is 5.82 Å². The fraction of sp³-hybridized carbons (Fsp3) is 0.100. The summed E-state index contributed by atoms with van der Waals surface area (Å²) in [6.07, 6.45) is -3.25. The van der Waals surface area contributed by atoms with Gasteiger partial charge < -0.3 is 5.73 Å². The van der Waals surface area contributed by atoms with Crippen LogP contribution in [-0.4, -0.2) is 14.8 Å². The van der Waals surface area contributed by atoms with Gasteiger partial charge in [0.25, 0.3) is 0 Å². The van der Waals surface area contributed by atoms with Gasteiger partial charge in [-0.15, -0.1) is 5.10 Å². The summed E-state index contributed by atoms with van der Waals surface area (Å²) >= 11 is 0. The summed E-state index contributed by atoms with van der Waals surface area (Å²) in [6.45, 7) is 0. The van der Waals surface area contributed by atoms with E-state index >= 15 is 0 Å². The van der Waals surface area contributed by atoms with Gasteiger partial charge in [0.05, 0.1) is 5.56 Å². The van der Waals surface area contributed by atoms with E-state index in [0.717, 1.165) is 16.8 Å². The average molecular weight is 253 g/mol. The van der Waals surface area contributed by atoms with Crippen LogP contribution in [0.25, 0.3) is 5.82 Å². The summed E-state index contributed by atoms with van der Waals surface area (Å²) in [5, 5.41) is 12.6. The largest absolute Gasteiger partial charge is 0.433 e. The number of hydrogen-bond acceptors (Lipinski definition) is 4. The third kappa shape index (κ3) is 2.10. The van der Waals surface area contributed by atoms with E-state index in [1.54, 1.807) is 6.07 Å². The molecular formula is C10H6F3N5. The highest BCUT2D eigenvalue weighted by molar-refractivity contribution is 5.45. The number of nitrogens with two attached hydrogens (primary N) is 1. The highest BCUT2D eigenvalue weighted by Gasteiger charge is 2.33. The van der Waals surface area contributed by atoms with Crippen LogP contribution < -0.4 is 5.73 Å². The lowest BCUT2D eigenvalue weighted by Crippen LogP contribution is -2.12. The van der Waals surface area contributed by atoms with Crippen molar-refractivity contribution in [2.75, 3.05) is 5.73 Å². The van der Waals surface area contributed by atoms with Gasteiger partial charge in [-0.1, -0.05) is 0 Å². The number of alkyl halides is 3. The molecule has 5 nitrogen and oxygen atoms in total.